The molecule has 0 saturated carbocycles. The minimum Gasteiger partial charge on any atom is -0.383 e. The molecule has 0 amide bonds. The molecule has 31 heavy (non-hydrogen) atoms. The Morgan fingerprint density at radius 2 is 2.03 bits per heavy atom. The molecule has 0 radical (unpaired) electrons. The van der Waals surface area contributed by atoms with Crippen LogP contribution in [-0.4, -0.2) is 37.5 Å². The van der Waals surface area contributed by atoms with Gasteiger partial charge in [-0.3, -0.25) is 5.43 Å². The van der Waals surface area contributed by atoms with Crippen molar-refractivity contribution in [3.05, 3.63) is 51.8 Å². The third-order valence-corrected chi connectivity index (χ3v) is 5.78. The summed E-state index contributed by atoms with van der Waals surface area (Å²) in [6.45, 7) is 5.12. The molecule has 0 aliphatic carbocycles. The van der Waals surface area contributed by atoms with Gasteiger partial charge in [0.25, 0.3) is 0 Å². The van der Waals surface area contributed by atoms with Crippen molar-refractivity contribution in [2.24, 2.45) is 16.8 Å². The van der Waals surface area contributed by atoms with Crippen LogP contribution in [0.4, 0.5) is 21.5 Å². The molecule has 1 aliphatic rings. The van der Waals surface area contributed by atoms with Crippen LogP contribution in [-0.2, 0) is 0 Å². The Labute approximate surface area is 197 Å². The summed E-state index contributed by atoms with van der Waals surface area (Å²) in [6.07, 6.45) is 2.63. The highest BCUT2D eigenvalue weighted by atomic mass is 35.5. The summed E-state index contributed by atoms with van der Waals surface area (Å²) in [5.74, 6) is 0.221. The van der Waals surface area contributed by atoms with E-state index < -0.39 is 0 Å². The summed E-state index contributed by atoms with van der Waals surface area (Å²) >= 11 is 16.7. The number of hydrazone groups is 1. The standard InChI is InChI=1S/C21H25Cl2FN6S/c1-13-4-7-30(12-13)20-10-19(18(24)8-14(20)11-28-29-21(25)31)27-6-5-26-15-2-3-16(22)17(23)9-15/h2-3,8-11,13,26-27H,4-7,12H2,1H3,(H3,25,29,31)/b28-11+/t13-/m1/s1. The first-order valence-corrected chi connectivity index (χ1v) is 11.1. The van der Waals surface area contributed by atoms with Crippen molar-refractivity contribution in [3.63, 3.8) is 0 Å². The Balaban J connectivity index is 1.69. The first-order valence-electron chi connectivity index (χ1n) is 9.93. The molecule has 0 unspecified atom stereocenters. The minimum absolute atomic E-state index is 0.0563. The van der Waals surface area contributed by atoms with E-state index in [4.69, 9.17) is 41.2 Å². The topological polar surface area (TPSA) is 77.7 Å². The number of nitrogens with two attached hydrogens (primary N) is 1. The summed E-state index contributed by atoms with van der Waals surface area (Å²) in [6, 6.07) is 8.63. The van der Waals surface area contributed by atoms with Crippen molar-refractivity contribution in [3.8, 4) is 0 Å². The maximum absolute atomic E-state index is 14.8. The summed E-state index contributed by atoms with van der Waals surface area (Å²) in [4.78, 5) is 2.24. The number of halogens is 3. The molecular formula is C21H25Cl2FN6S. The predicted molar refractivity (Wildman–Crippen MR) is 133 cm³/mol. The van der Waals surface area contributed by atoms with E-state index in [1.54, 1.807) is 12.1 Å². The van der Waals surface area contributed by atoms with E-state index in [2.05, 4.69) is 33.0 Å². The molecule has 3 rings (SSSR count). The molecule has 6 nitrogen and oxygen atoms in total. The third kappa shape index (κ3) is 6.59. The summed E-state index contributed by atoms with van der Waals surface area (Å²) in [7, 11) is 0. The van der Waals surface area contributed by atoms with E-state index in [9.17, 15) is 4.39 Å². The van der Waals surface area contributed by atoms with Gasteiger partial charge in [-0.25, -0.2) is 4.39 Å². The van der Waals surface area contributed by atoms with Crippen molar-refractivity contribution in [1.29, 1.82) is 0 Å². The highest BCUT2D eigenvalue weighted by molar-refractivity contribution is 7.80. The van der Waals surface area contributed by atoms with Gasteiger partial charge in [-0.2, -0.15) is 5.10 Å². The van der Waals surface area contributed by atoms with Crippen molar-refractivity contribution >= 4 is 63.8 Å². The lowest BCUT2D eigenvalue weighted by Gasteiger charge is -2.22. The van der Waals surface area contributed by atoms with Crippen molar-refractivity contribution < 1.29 is 4.39 Å². The zero-order chi connectivity index (χ0) is 22.4. The molecule has 0 bridgehead atoms. The van der Waals surface area contributed by atoms with Crippen molar-refractivity contribution in [2.75, 3.05) is 41.7 Å². The van der Waals surface area contributed by atoms with Gasteiger partial charge in [0, 0.05) is 43.1 Å². The predicted octanol–water partition coefficient (Wildman–Crippen LogP) is 4.67. The van der Waals surface area contributed by atoms with Gasteiger partial charge in [0.1, 0.15) is 5.82 Å². The summed E-state index contributed by atoms with van der Waals surface area (Å²) < 4.78 is 14.8. The van der Waals surface area contributed by atoms with Gasteiger partial charge in [0.15, 0.2) is 5.11 Å². The monoisotopic (exact) mass is 482 g/mol. The van der Waals surface area contributed by atoms with E-state index in [0.29, 0.717) is 40.3 Å². The van der Waals surface area contributed by atoms with E-state index in [1.165, 1.54) is 12.3 Å². The quantitative estimate of drug-likeness (QED) is 0.189. The fourth-order valence-electron chi connectivity index (χ4n) is 3.42. The van der Waals surface area contributed by atoms with Crippen LogP contribution in [0, 0.1) is 11.7 Å². The SMILES string of the molecule is C[C@@H]1CCN(c2cc(NCCNc3ccc(Cl)c(Cl)c3)c(F)cc2/C=N/NC(N)=S)C1. The van der Waals surface area contributed by atoms with Crippen LogP contribution in [0.1, 0.15) is 18.9 Å². The molecule has 5 N–H and O–H groups in total. The number of nitrogens with zero attached hydrogens (tertiary/aromatic N) is 2. The Hall–Kier alpha value is -2.29. The first-order chi connectivity index (χ1) is 14.8. The van der Waals surface area contributed by atoms with E-state index >= 15 is 0 Å². The second-order valence-corrected chi connectivity index (χ2v) is 8.70. The molecule has 1 aliphatic heterocycles. The van der Waals surface area contributed by atoms with Gasteiger partial charge in [0.2, 0.25) is 0 Å². The fraction of sp³-hybridized carbons (Fsp3) is 0.333. The lowest BCUT2D eigenvalue weighted by molar-refractivity contribution is 0.629. The average Bonchev–Trinajstić information content (AvgIpc) is 3.15. The van der Waals surface area contributed by atoms with Gasteiger partial charge in [0.05, 0.1) is 21.9 Å². The van der Waals surface area contributed by atoms with Gasteiger partial charge >= 0.3 is 0 Å². The molecule has 10 heteroatoms. The summed E-state index contributed by atoms with van der Waals surface area (Å²) in [5.41, 5.74) is 10.8. The fourth-order valence-corrected chi connectivity index (χ4v) is 3.77. The highest BCUT2D eigenvalue weighted by Crippen LogP contribution is 2.31. The number of rotatable bonds is 8. The lowest BCUT2D eigenvalue weighted by Crippen LogP contribution is -2.24. The minimum atomic E-state index is -0.359. The molecule has 1 fully saturated rings. The van der Waals surface area contributed by atoms with Gasteiger partial charge < -0.3 is 21.3 Å². The Bertz CT molecular complexity index is 971. The van der Waals surface area contributed by atoms with Crippen LogP contribution in [0.15, 0.2) is 35.4 Å². The number of nitrogens with one attached hydrogen (secondary N) is 3. The van der Waals surface area contributed by atoms with Gasteiger partial charge in [-0.05, 0) is 54.9 Å². The number of benzene rings is 2. The van der Waals surface area contributed by atoms with Gasteiger partial charge in [-0.15, -0.1) is 0 Å². The van der Waals surface area contributed by atoms with Crippen molar-refractivity contribution in [1.82, 2.24) is 5.43 Å². The van der Waals surface area contributed by atoms with Crippen LogP contribution >= 0.6 is 35.4 Å². The van der Waals surface area contributed by atoms with Crippen LogP contribution in [0.5, 0.6) is 0 Å². The molecule has 2 aromatic rings. The smallest absolute Gasteiger partial charge is 0.184 e. The normalized spacial score (nSPS) is 16.0. The molecule has 0 aromatic heterocycles. The lowest BCUT2D eigenvalue weighted by atomic mass is 10.1. The second-order valence-electron chi connectivity index (χ2n) is 7.45. The molecule has 2 aromatic carbocycles. The third-order valence-electron chi connectivity index (χ3n) is 4.95. The number of anilines is 3. The maximum atomic E-state index is 14.8. The van der Waals surface area contributed by atoms with Crippen LogP contribution in [0.2, 0.25) is 10.0 Å². The van der Waals surface area contributed by atoms with Crippen LogP contribution < -0.4 is 26.7 Å². The molecule has 1 atom stereocenters. The molecule has 1 saturated heterocycles. The Kier molecular flexibility index (Phi) is 8.17. The number of hydrogen-bond donors (Lipinski definition) is 4. The van der Waals surface area contributed by atoms with Crippen LogP contribution in [0.25, 0.3) is 0 Å². The van der Waals surface area contributed by atoms with Crippen molar-refractivity contribution in [2.45, 2.75) is 13.3 Å². The highest BCUT2D eigenvalue weighted by Gasteiger charge is 2.22. The molecule has 1 heterocycles. The summed E-state index contributed by atoms with van der Waals surface area (Å²) in [5, 5.41) is 11.4. The molecular weight excluding hydrogens is 458 g/mol. The molecule has 0 spiro atoms. The number of thiocarbonyl (C=S) groups is 1. The average molecular weight is 483 g/mol. The second kappa shape index (κ2) is 10.8. The zero-order valence-electron chi connectivity index (χ0n) is 17.1. The van der Waals surface area contributed by atoms with E-state index in [-0.39, 0.29) is 10.9 Å². The van der Waals surface area contributed by atoms with E-state index in [0.717, 1.165) is 30.9 Å². The Morgan fingerprint density at radius 3 is 2.71 bits per heavy atom. The maximum Gasteiger partial charge on any atom is 0.184 e. The first kappa shape index (κ1) is 23.4. The Morgan fingerprint density at radius 1 is 1.26 bits per heavy atom. The molecule has 166 valence electrons. The zero-order valence-corrected chi connectivity index (χ0v) is 19.4. The van der Waals surface area contributed by atoms with Crippen LogP contribution in [0.3, 0.4) is 0 Å². The largest absolute Gasteiger partial charge is 0.383 e. The van der Waals surface area contributed by atoms with E-state index in [1.807, 2.05) is 12.1 Å². The number of hydrogen-bond acceptors (Lipinski definition) is 5. The van der Waals surface area contributed by atoms with Gasteiger partial charge in [-0.1, -0.05) is 30.1 Å².